The zero-order valence-electron chi connectivity index (χ0n) is 13.1. The van der Waals surface area contributed by atoms with Gasteiger partial charge in [0.1, 0.15) is 5.25 Å². The second kappa shape index (κ2) is 8.63. The average Bonchev–Trinajstić information content (AvgIpc) is 2.86. The fraction of sp³-hybridized carbons (Fsp3) is 0.267. The van der Waals surface area contributed by atoms with Gasteiger partial charge in [0.15, 0.2) is 5.17 Å². The summed E-state index contributed by atoms with van der Waals surface area (Å²) < 4.78 is 4.88. The molecule has 1 saturated heterocycles. The summed E-state index contributed by atoms with van der Waals surface area (Å²) in [6.45, 7) is 1.95. The molecule has 0 spiro atoms. The quantitative estimate of drug-likeness (QED) is 0.440. The number of hydrogen-bond acceptors (Lipinski definition) is 7. The maximum Gasteiger partial charge on any atom is 0.339 e. The van der Waals surface area contributed by atoms with Crippen molar-refractivity contribution in [3.8, 4) is 0 Å². The van der Waals surface area contributed by atoms with Gasteiger partial charge in [-0.1, -0.05) is 29.4 Å². The number of aliphatic carboxylic acids is 1. The van der Waals surface area contributed by atoms with Crippen LogP contribution >= 0.6 is 23.4 Å². The first-order valence-corrected chi connectivity index (χ1v) is 8.43. The molecule has 1 heterocycles. The van der Waals surface area contributed by atoms with Crippen LogP contribution in [0.15, 0.2) is 28.4 Å². The van der Waals surface area contributed by atoms with E-state index in [-0.39, 0.29) is 28.8 Å². The van der Waals surface area contributed by atoms with Crippen molar-refractivity contribution >= 4 is 52.6 Å². The Morgan fingerprint density at radius 2 is 2.24 bits per heavy atom. The van der Waals surface area contributed by atoms with E-state index in [1.54, 1.807) is 13.0 Å². The zero-order valence-corrected chi connectivity index (χ0v) is 14.6. The maximum atomic E-state index is 11.7. The molecule has 0 saturated carbocycles. The molecule has 1 atom stereocenters. The summed E-state index contributed by atoms with van der Waals surface area (Å²) in [6.07, 6.45) is 1.11. The van der Waals surface area contributed by atoms with Crippen LogP contribution in [-0.2, 0) is 14.3 Å². The van der Waals surface area contributed by atoms with Gasteiger partial charge in [0.2, 0.25) is 5.91 Å². The molecule has 2 N–H and O–H groups in total. The van der Waals surface area contributed by atoms with Crippen molar-refractivity contribution in [3.05, 3.63) is 34.3 Å². The molecule has 0 radical (unpaired) electrons. The standard InChI is InChI=1S/C15H14ClN3O5S/c1-2-24-14(23)9-4-3-8(5-10(9)16)7-17-19-15-18-13(22)11(25-15)6-12(20)21/h3-5,7,11H,2,6H2,1H3,(H,20,21)(H,18,19,22). The number of carbonyl (C=O) groups is 3. The van der Waals surface area contributed by atoms with E-state index in [0.29, 0.717) is 5.56 Å². The molecule has 1 amide bonds. The molecular weight excluding hydrogens is 370 g/mol. The van der Waals surface area contributed by atoms with Gasteiger partial charge in [-0.2, -0.15) is 5.10 Å². The Morgan fingerprint density at radius 3 is 2.88 bits per heavy atom. The van der Waals surface area contributed by atoms with E-state index in [2.05, 4.69) is 15.5 Å². The van der Waals surface area contributed by atoms with Crippen LogP contribution in [0.2, 0.25) is 5.02 Å². The van der Waals surface area contributed by atoms with E-state index >= 15 is 0 Å². The second-order valence-corrected chi connectivity index (χ2v) is 6.40. The first-order valence-electron chi connectivity index (χ1n) is 7.17. The number of amides is 1. The summed E-state index contributed by atoms with van der Waals surface area (Å²) in [4.78, 5) is 33.9. The smallest absolute Gasteiger partial charge is 0.339 e. The van der Waals surface area contributed by atoms with Crippen molar-refractivity contribution in [2.45, 2.75) is 18.6 Å². The molecule has 1 aliphatic rings. The van der Waals surface area contributed by atoms with Gasteiger partial charge in [0.05, 0.1) is 29.8 Å². The Morgan fingerprint density at radius 1 is 1.48 bits per heavy atom. The highest BCUT2D eigenvalue weighted by molar-refractivity contribution is 8.15. The minimum atomic E-state index is -1.06. The molecule has 8 nitrogen and oxygen atoms in total. The SMILES string of the molecule is CCOC(=O)c1ccc(C=NN=C2NC(=O)C(CC(=O)O)S2)cc1Cl. The van der Waals surface area contributed by atoms with Crippen LogP contribution in [0, 0.1) is 0 Å². The summed E-state index contributed by atoms with van der Waals surface area (Å²) in [5.74, 6) is -1.98. The van der Waals surface area contributed by atoms with Crippen LogP contribution in [0.5, 0.6) is 0 Å². The number of benzene rings is 1. The normalized spacial score (nSPS) is 18.6. The molecule has 1 fully saturated rings. The van der Waals surface area contributed by atoms with Crippen LogP contribution in [0.3, 0.4) is 0 Å². The van der Waals surface area contributed by atoms with E-state index < -0.39 is 23.1 Å². The van der Waals surface area contributed by atoms with Crippen molar-refractivity contribution in [1.82, 2.24) is 5.32 Å². The zero-order chi connectivity index (χ0) is 18.4. The van der Waals surface area contributed by atoms with E-state index in [9.17, 15) is 14.4 Å². The minimum Gasteiger partial charge on any atom is -0.481 e. The Hall–Kier alpha value is -2.39. The topological polar surface area (TPSA) is 117 Å². The molecule has 0 aromatic heterocycles. The number of halogens is 1. The highest BCUT2D eigenvalue weighted by Crippen LogP contribution is 2.22. The number of carbonyl (C=O) groups excluding carboxylic acids is 2. The van der Waals surface area contributed by atoms with Gasteiger partial charge in [-0.25, -0.2) is 4.79 Å². The molecule has 10 heteroatoms. The number of amidine groups is 1. The third-order valence-corrected chi connectivity index (χ3v) is 4.37. The molecule has 1 unspecified atom stereocenters. The third kappa shape index (κ3) is 5.30. The summed E-state index contributed by atoms with van der Waals surface area (Å²) in [5.41, 5.74) is 0.848. The van der Waals surface area contributed by atoms with Crippen molar-refractivity contribution < 1.29 is 24.2 Å². The van der Waals surface area contributed by atoms with Crippen molar-refractivity contribution in [2.75, 3.05) is 6.61 Å². The summed E-state index contributed by atoms with van der Waals surface area (Å²) >= 11 is 7.04. The first-order chi connectivity index (χ1) is 11.9. The number of nitrogens with one attached hydrogen (secondary N) is 1. The average molecular weight is 384 g/mol. The van der Waals surface area contributed by atoms with Crippen LogP contribution < -0.4 is 5.32 Å². The van der Waals surface area contributed by atoms with E-state index in [1.165, 1.54) is 18.3 Å². The van der Waals surface area contributed by atoms with Crippen molar-refractivity contribution in [2.24, 2.45) is 10.2 Å². The lowest BCUT2D eigenvalue weighted by atomic mass is 10.1. The van der Waals surface area contributed by atoms with Gasteiger partial charge >= 0.3 is 11.9 Å². The predicted octanol–water partition coefficient (Wildman–Crippen LogP) is 1.91. The van der Waals surface area contributed by atoms with Crippen LogP contribution in [-0.4, -0.2) is 46.2 Å². The van der Waals surface area contributed by atoms with E-state index in [0.717, 1.165) is 11.8 Å². The third-order valence-electron chi connectivity index (χ3n) is 2.98. The fourth-order valence-electron chi connectivity index (χ4n) is 1.88. The van der Waals surface area contributed by atoms with Crippen molar-refractivity contribution in [1.29, 1.82) is 0 Å². The monoisotopic (exact) mass is 383 g/mol. The summed E-state index contributed by atoms with van der Waals surface area (Å²) in [7, 11) is 0. The number of ether oxygens (including phenoxy) is 1. The van der Waals surface area contributed by atoms with E-state index in [1.807, 2.05) is 0 Å². The number of carboxylic acids is 1. The lowest BCUT2D eigenvalue weighted by Crippen LogP contribution is -2.26. The Labute approximate surface area is 152 Å². The largest absolute Gasteiger partial charge is 0.481 e. The second-order valence-electron chi connectivity index (χ2n) is 4.80. The van der Waals surface area contributed by atoms with E-state index in [4.69, 9.17) is 21.4 Å². The Bertz CT molecular complexity index is 766. The van der Waals surface area contributed by atoms with Crippen LogP contribution in [0.1, 0.15) is 29.3 Å². The Balaban J connectivity index is 2.03. The number of hydrogen-bond donors (Lipinski definition) is 2. The number of esters is 1. The lowest BCUT2D eigenvalue weighted by Gasteiger charge is -2.04. The molecule has 1 aromatic rings. The number of rotatable bonds is 6. The van der Waals surface area contributed by atoms with Gasteiger partial charge in [-0.05, 0) is 24.6 Å². The highest BCUT2D eigenvalue weighted by atomic mass is 35.5. The van der Waals surface area contributed by atoms with Gasteiger partial charge in [-0.15, -0.1) is 5.10 Å². The lowest BCUT2D eigenvalue weighted by molar-refractivity contribution is -0.138. The van der Waals surface area contributed by atoms with Gasteiger partial charge in [-0.3, -0.25) is 9.59 Å². The Kier molecular flexibility index (Phi) is 6.54. The van der Waals surface area contributed by atoms with Crippen LogP contribution in [0.4, 0.5) is 0 Å². The highest BCUT2D eigenvalue weighted by Gasteiger charge is 2.32. The molecule has 1 aliphatic heterocycles. The van der Waals surface area contributed by atoms with Gasteiger partial charge in [0, 0.05) is 0 Å². The predicted molar refractivity (Wildman–Crippen MR) is 94.2 cm³/mol. The molecule has 0 bridgehead atoms. The molecule has 1 aromatic carbocycles. The van der Waals surface area contributed by atoms with Crippen LogP contribution in [0.25, 0.3) is 0 Å². The minimum absolute atomic E-state index is 0.222. The van der Waals surface area contributed by atoms with Gasteiger partial charge < -0.3 is 15.2 Å². The summed E-state index contributed by atoms with van der Waals surface area (Å²) in [5, 5.41) is 18.6. The number of carboxylic acid groups (broad SMARTS) is 1. The first kappa shape index (κ1) is 18.9. The molecule has 0 aliphatic carbocycles. The maximum absolute atomic E-state index is 11.7. The molecule has 2 rings (SSSR count). The van der Waals surface area contributed by atoms with Crippen molar-refractivity contribution in [3.63, 3.8) is 0 Å². The number of thioether (sulfide) groups is 1. The molecule has 132 valence electrons. The van der Waals surface area contributed by atoms with Gasteiger partial charge in [0.25, 0.3) is 0 Å². The summed E-state index contributed by atoms with van der Waals surface area (Å²) in [6, 6.07) is 4.67. The number of nitrogens with zero attached hydrogens (tertiary/aromatic N) is 2. The molecule has 25 heavy (non-hydrogen) atoms. The fourth-order valence-corrected chi connectivity index (χ4v) is 3.06. The molecular formula is C15H14ClN3O5S.